The van der Waals surface area contributed by atoms with Crippen LogP contribution in [0.4, 0.5) is 0 Å². The Morgan fingerprint density at radius 1 is 1.29 bits per heavy atom. The Morgan fingerprint density at radius 2 is 1.88 bits per heavy atom. The Hall–Kier alpha value is -1.35. The number of ketones is 1. The van der Waals surface area contributed by atoms with Crippen LogP contribution in [0, 0.1) is 0 Å². The van der Waals surface area contributed by atoms with Crippen molar-refractivity contribution < 1.29 is 9.59 Å². The Kier molecular flexibility index (Phi) is 2.96. The average molecular weight is 252 g/mol. The molecule has 0 aliphatic carbocycles. The molecule has 0 unspecified atom stereocenters. The van der Waals surface area contributed by atoms with Gasteiger partial charge in [-0.3, -0.25) is 9.59 Å². The van der Waals surface area contributed by atoms with E-state index in [1.165, 1.54) is 0 Å². The molecule has 1 aliphatic heterocycles. The van der Waals surface area contributed by atoms with E-state index >= 15 is 0 Å². The molecule has 0 radical (unpaired) electrons. The molecular formula is C13H14ClNO2. The largest absolute Gasteiger partial charge is 0.326 e. The van der Waals surface area contributed by atoms with Crippen molar-refractivity contribution in [1.29, 1.82) is 0 Å². The maximum absolute atomic E-state index is 12.3. The van der Waals surface area contributed by atoms with Gasteiger partial charge in [0.1, 0.15) is 0 Å². The first-order valence-electron chi connectivity index (χ1n) is 5.49. The third kappa shape index (κ3) is 2.34. The minimum atomic E-state index is -0.395. The second kappa shape index (κ2) is 4.15. The number of benzene rings is 1. The highest BCUT2D eigenvalue weighted by molar-refractivity contribution is 6.30. The highest BCUT2D eigenvalue weighted by Gasteiger charge is 2.40. The van der Waals surface area contributed by atoms with E-state index in [-0.39, 0.29) is 18.2 Å². The Labute approximate surface area is 105 Å². The van der Waals surface area contributed by atoms with Crippen LogP contribution < -0.4 is 0 Å². The predicted molar refractivity (Wildman–Crippen MR) is 66.2 cm³/mol. The molecule has 0 atom stereocenters. The number of carbonyl (C=O) groups is 2. The van der Waals surface area contributed by atoms with E-state index < -0.39 is 5.54 Å². The quantitative estimate of drug-likeness (QED) is 0.769. The number of likely N-dealkylation sites (tertiary alicyclic amines) is 1. The van der Waals surface area contributed by atoms with Crippen molar-refractivity contribution in [3.63, 3.8) is 0 Å². The molecule has 1 aromatic rings. The fourth-order valence-corrected chi connectivity index (χ4v) is 2.25. The van der Waals surface area contributed by atoms with E-state index in [1.807, 2.05) is 13.8 Å². The first-order chi connectivity index (χ1) is 7.90. The molecule has 2 rings (SSSR count). The maximum atomic E-state index is 12.3. The lowest BCUT2D eigenvalue weighted by Gasteiger charge is -2.30. The Morgan fingerprint density at radius 3 is 2.35 bits per heavy atom. The summed E-state index contributed by atoms with van der Waals surface area (Å²) >= 11 is 5.78. The van der Waals surface area contributed by atoms with Gasteiger partial charge in [0.15, 0.2) is 5.78 Å². The van der Waals surface area contributed by atoms with Crippen molar-refractivity contribution in [3.8, 4) is 0 Å². The van der Waals surface area contributed by atoms with Crippen molar-refractivity contribution in [2.24, 2.45) is 0 Å². The molecule has 0 aromatic heterocycles. The molecule has 90 valence electrons. The van der Waals surface area contributed by atoms with Gasteiger partial charge in [0, 0.05) is 22.5 Å². The van der Waals surface area contributed by atoms with Gasteiger partial charge in [0.25, 0.3) is 5.91 Å². The lowest BCUT2D eigenvalue weighted by atomic mass is 10.0. The van der Waals surface area contributed by atoms with E-state index in [4.69, 9.17) is 11.6 Å². The van der Waals surface area contributed by atoms with Crippen LogP contribution in [0.5, 0.6) is 0 Å². The van der Waals surface area contributed by atoms with E-state index in [1.54, 1.807) is 29.2 Å². The molecule has 1 aromatic carbocycles. The van der Waals surface area contributed by atoms with Gasteiger partial charge in [-0.2, -0.15) is 0 Å². The summed E-state index contributed by atoms with van der Waals surface area (Å²) in [6, 6.07) is 6.73. The van der Waals surface area contributed by atoms with Crippen LogP contribution in [-0.4, -0.2) is 28.7 Å². The van der Waals surface area contributed by atoms with Gasteiger partial charge in [0.2, 0.25) is 0 Å². The van der Waals surface area contributed by atoms with Crippen molar-refractivity contribution in [2.75, 3.05) is 6.54 Å². The second-order valence-corrected chi connectivity index (χ2v) is 5.36. The number of hydrogen-bond acceptors (Lipinski definition) is 2. The van der Waals surface area contributed by atoms with Gasteiger partial charge in [-0.05, 0) is 38.1 Å². The van der Waals surface area contributed by atoms with Crippen molar-refractivity contribution in [1.82, 2.24) is 4.90 Å². The normalized spacial score (nSPS) is 18.5. The predicted octanol–water partition coefficient (Wildman–Crippen LogP) is 2.53. The number of halogens is 1. The van der Waals surface area contributed by atoms with Crippen LogP contribution in [0.25, 0.3) is 0 Å². The van der Waals surface area contributed by atoms with Gasteiger partial charge in [-0.15, -0.1) is 0 Å². The van der Waals surface area contributed by atoms with E-state index in [0.717, 1.165) is 0 Å². The van der Waals surface area contributed by atoms with E-state index in [0.29, 0.717) is 17.0 Å². The smallest absolute Gasteiger partial charge is 0.254 e. The second-order valence-electron chi connectivity index (χ2n) is 4.93. The minimum Gasteiger partial charge on any atom is -0.326 e. The SMILES string of the molecule is CC1(C)CC(=O)CN1C(=O)c1ccc(Cl)cc1. The van der Waals surface area contributed by atoms with Crippen LogP contribution in [0.1, 0.15) is 30.6 Å². The summed E-state index contributed by atoms with van der Waals surface area (Å²) < 4.78 is 0. The number of amides is 1. The summed E-state index contributed by atoms with van der Waals surface area (Å²) in [5.74, 6) is -0.00479. The topological polar surface area (TPSA) is 37.4 Å². The third-order valence-electron chi connectivity index (χ3n) is 3.03. The zero-order valence-corrected chi connectivity index (χ0v) is 10.6. The molecule has 0 spiro atoms. The lowest BCUT2D eigenvalue weighted by Crippen LogP contribution is -2.42. The number of carbonyl (C=O) groups excluding carboxylic acids is 2. The highest BCUT2D eigenvalue weighted by atomic mass is 35.5. The number of hydrogen-bond donors (Lipinski definition) is 0. The highest BCUT2D eigenvalue weighted by Crippen LogP contribution is 2.28. The first kappa shape index (κ1) is 12.1. The molecule has 17 heavy (non-hydrogen) atoms. The molecule has 1 fully saturated rings. The molecule has 1 amide bonds. The Balaban J connectivity index is 2.26. The van der Waals surface area contributed by atoms with Crippen LogP contribution in [0.15, 0.2) is 24.3 Å². The van der Waals surface area contributed by atoms with Gasteiger partial charge >= 0.3 is 0 Å². The van der Waals surface area contributed by atoms with Crippen molar-refractivity contribution in [3.05, 3.63) is 34.9 Å². The first-order valence-corrected chi connectivity index (χ1v) is 5.87. The monoisotopic (exact) mass is 251 g/mol. The standard InChI is InChI=1S/C13H14ClNO2/c1-13(2)7-11(16)8-15(13)12(17)9-3-5-10(14)6-4-9/h3-6H,7-8H2,1-2H3. The van der Waals surface area contributed by atoms with Crippen LogP contribution in [0.3, 0.4) is 0 Å². The van der Waals surface area contributed by atoms with Gasteiger partial charge in [-0.25, -0.2) is 0 Å². The minimum absolute atomic E-state index is 0.109. The van der Waals surface area contributed by atoms with Crippen molar-refractivity contribution >= 4 is 23.3 Å². The van der Waals surface area contributed by atoms with E-state index in [2.05, 4.69) is 0 Å². The lowest BCUT2D eigenvalue weighted by molar-refractivity contribution is -0.116. The molecule has 4 heteroatoms. The molecule has 1 heterocycles. The molecule has 3 nitrogen and oxygen atoms in total. The van der Waals surface area contributed by atoms with Crippen molar-refractivity contribution in [2.45, 2.75) is 25.8 Å². The van der Waals surface area contributed by atoms with Gasteiger partial charge < -0.3 is 4.90 Å². The number of nitrogens with zero attached hydrogens (tertiary/aromatic N) is 1. The average Bonchev–Trinajstić information content (AvgIpc) is 2.52. The summed E-state index contributed by atoms with van der Waals surface area (Å²) in [5.41, 5.74) is 0.172. The molecule has 0 bridgehead atoms. The van der Waals surface area contributed by atoms with Crippen LogP contribution in [-0.2, 0) is 4.79 Å². The fraction of sp³-hybridized carbons (Fsp3) is 0.385. The zero-order valence-electron chi connectivity index (χ0n) is 9.87. The summed E-state index contributed by atoms with van der Waals surface area (Å²) in [5, 5.41) is 0.596. The summed E-state index contributed by atoms with van der Waals surface area (Å²) in [6.45, 7) is 4.02. The van der Waals surface area contributed by atoms with Crippen LogP contribution in [0.2, 0.25) is 5.02 Å². The number of Topliss-reactive ketones (excluding diaryl/α,β-unsaturated/α-hetero) is 1. The fourth-order valence-electron chi connectivity index (χ4n) is 2.12. The molecular weight excluding hydrogens is 238 g/mol. The Bertz CT molecular complexity index is 465. The molecule has 0 saturated carbocycles. The van der Waals surface area contributed by atoms with Gasteiger partial charge in [0.05, 0.1) is 6.54 Å². The molecule has 1 aliphatic rings. The maximum Gasteiger partial charge on any atom is 0.254 e. The van der Waals surface area contributed by atoms with Gasteiger partial charge in [-0.1, -0.05) is 11.6 Å². The molecule has 1 saturated heterocycles. The molecule has 0 N–H and O–H groups in total. The van der Waals surface area contributed by atoms with E-state index in [9.17, 15) is 9.59 Å². The third-order valence-corrected chi connectivity index (χ3v) is 3.28. The van der Waals surface area contributed by atoms with Crippen LogP contribution >= 0.6 is 11.6 Å². The number of rotatable bonds is 1. The zero-order chi connectivity index (χ0) is 12.6. The summed E-state index contributed by atoms with van der Waals surface area (Å²) in [6.07, 6.45) is 0.423. The summed E-state index contributed by atoms with van der Waals surface area (Å²) in [7, 11) is 0. The summed E-state index contributed by atoms with van der Waals surface area (Å²) in [4.78, 5) is 25.3.